The van der Waals surface area contributed by atoms with Crippen LogP contribution in [0.4, 0.5) is 0 Å². The quantitative estimate of drug-likeness (QED) is 0.183. The molecule has 12 rings (SSSR count). The van der Waals surface area contributed by atoms with Crippen molar-refractivity contribution in [2.24, 2.45) is 0 Å². The van der Waals surface area contributed by atoms with Gasteiger partial charge in [0.05, 0.1) is 22.1 Å². The molecule has 0 radical (unpaired) electrons. The highest BCUT2D eigenvalue weighted by Gasteiger charge is 2.41. The molecule has 0 aliphatic heterocycles. The number of hydrogen-bond acceptors (Lipinski definition) is 0. The fourth-order valence-electron chi connectivity index (χ4n) is 9.80. The monoisotopic (exact) mass is 634 g/mol. The first-order chi connectivity index (χ1) is 24.7. The van der Waals surface area contributed by atoms with E-state index in [1.54, 1.807) is 0 Å². The number of nitrogens with zero attached hydrogens (tertiary/aromatic N) is 2. The van der Waals surface area contributed by atoms with E-state index in [4.69, 9.17) is 0 Å². The van der Waals surface area contributed by atoms with Gasteiger partial charge in [-0.05, 0) is 99.8 Å². The van der Waals surface area contributed by atoms with Gasteiger partial charge in [-0.1, -0.05) is 115 Å². The number of hydrogen-bond donors (Lipinski definition) is 0. The Kier molecular flexibility index (Phi) is 4.88. The van der Waals surface area contributed by atoms with E-state index in [2.05, 4.69) is 180 Å². The second-order valence-electron chi connectivity index (χ2n) is 14.2. The Bertz CT molecular complexity index is 3090. The van der Waals surface area contributed by atoms with Crippen LogP contribution in [0.25, 0.3) is 88.0 Å². The lowest BCUT2D eigenvalue weighted by molar-refractivity contribution is 0.713. The minimum absolute atomic E-state index is 0.262. The first-order valence-electron chi connectivity index (χ1n) is 17.5. The third kappa shape index (κ3) is 3.07. The molecule has 2 aliphatic carbocycles. The Hall–Kier alpha value is -6.38. The van der Waals surface area contributed by atoms with E-state index in [-0.39, 0.29) is 5.41 Å². The molecule has 2 aliphatic rings. The highest BCUT2D eigenvalue weighted by Crippen LogP contribution is 2.54. The number of rotatable bonds is 3. The van der Waals surface area contributed by atoms with Gasteiger partial charge in [0, 0.05) is 43.7 Å². The molecular weight excluding hydrogens is 605 g/mol. The molecule has 0 spiro atoms. The van der Waals surface area contributed by atoms with E-state index in [9.17, 15) is 0 Å². The van der Waals surface area contributed by atoms with Crippen LogP contribution in [0.5, 0.6) is 0 Å². The van der Waals surface area contributed by atoms with E-state index in [0.29, 0.717) is 0 Å². The standard InChI is InChI=1S/C48H30N2/c1-48(30-12-4-2-5-13-30)37-19-9-8-16-33(37)34-25-24-32(28-38(34)48)50-40-21-11-18-36-35-17-10-20-39-44(35)46-41(49(39)31-14-6-3-7-15-31)26-22-29-23-27-42(50)47(43(29)46)45(36)40/h2-28H,1H3. The first-order valence-corrected chi connectivity index (χ1v) is 17.5. The summed E-state index contributed by atoms with van der Waals surface area (Å²) in [4.78, 5) is 0. The SMILES string of the molecule is CC1(c2ccccc2)c2ccccc2-c2ccc(-n3c4cccc5c4c4c6c(ccc7c6c6c-5cccc6n7-c5ccccc5)ccc43)cc21. The molecule has 1 atom stereocenters. The second-order valence-corrected chi connectivity index (χ2v) is 14.2. The maximum atomic E-state index is 2.53. The summed E-state index contributed by atoms with van der Waals surface area (Å²) in [5.41, 5.74) is 16.4. The summed E-state index contributed by atoms with van der Waals surface area (Å²) < 4.78 is 4.98. The lowest BCUT2D eigenvalue weighted by Gasteiger charge is -2.28. The van der Waals surface area contributed by atoms with Crippen molar-refractivity contribution in [3.8, 4) is 33.6 Å². The average Bonchev–Trinajstić information content (AvgIpc) is 3.76. The lowest BCUT2D eigenvalue weighted by atomic mass is 9.74. The van der Waals surface area contributed by atoms with E-state index >= 15 is 0 Å². The molecule has 0 fully saturated rings. The fourth-order valence-corrected chi connectivity index (χ4v) is 9.80. The van der Waals surface area contributed by atoms with E-state index in [1.165, 1.54) is 105 Å². The molecule has 232 valence electrons. The lowest BCUT2D eigenvalue weighted by Crippen LogP contribution is -2.22. The molecule has 2 nitrogen and oxygen atoms in total. The van der Waals surface area contributed by atoms with Crippen molar-refractivity contribution in [1.82, 2.24) is 9.13 Å². The molecule has 2 aromatic heterocycles. The van der Waals surface area contributed by atoms with Crippen LogP contribution in [0, 0.1) is 0 Å². The van der Waals surface area contributed by atoms with E-state index in [0.717, 1.165) is 0 Å². The predicted molar refractivity (Wildman–Crippen MR) is 209 cm³/mol. The summed E-state index contributed by atoms with van der Waals surface area (Å²) in [6.45, 7) is 2.41. The topological polar surface area (TPSA) is 9.86 Å². The van der Waals surface area contributed by atoms with Gasteiger partial charge in [-0.2, -0.15) is 0 Å². The summed E-state index contributed by atoms with van der Waals surface area (Å²) in [7, 11) is 0. The molecule has 0 saturated carbocycles. The molecule has 0 amide bonds. The Labute approximate surface area is 289 Å². The zero-order chi connectivity index (χ0) is 32.7. The largest absolute Gasteiger partial charge is 0.309 e. The molecule has 0 N–H and O–H groups in total. The smallest absolute Gasteiger partial charge is 0.0548 e. The molecule has 0 saturated heterocycles. The van der Waals surface area contributed by atoms with Crippen molar-refractivity contribution in [1.29, 1.82) is 0 Å². The molecular formula is C48H30N2. The Morgan fingerprint density at radius 1 is 0.360 bits per heavy atom. The summed E-state index contributed by atoms with van der Waals surface area (Å²) in [6, 6.07) is 61.1. The highest BCUT2D eigenvalue weighted by atomic mass is 15.0. The molecule has 2 heterocycles. The van der Waals surface area contributed by atoms with Gasteiger partial charge in [0.2, 0.25) is 0 Å². The van der Waals surface area contributed by atoms with Gasteiger partial charge in [-0.15, -0.1) is 0 Å². The summed E-state index contributed by atoms with van der Waals surface area (Å²) in [6.07, 6.45) is 0. The zero-order valence-corrected chi connectivity index (χ0v) is 27.5. The van der Waals surface area contributed by atoms with Crippen LogP contribution >= 0.6 is 0 Å². The van der Waals surface area contributed by atoms with Crippen molar-refractivity contribution in [3.05, 3.63) is 180 Å². The minimum atomic E-state index is -0.262. The summed E-state index contributed by atoms with van der Waals surface area (Å²) >= 11 is 0. The van der Waals surface area contributed by atoms with Gasteiger partial charge in [0.1, 0.15) is 0 Å². The third-order valence-corrected chi connectivity index (χ3v) is 11.9. The van der Waals surface area contributed by atoms with Crippen molar-refractivity contribution in [2.45, 2.75) is 12.3 Å². The summed E-state index contributed by atoms with van der Waals surface area (Å²) in [5.74, 6) is 0. The minimum Gasteiger partial charge on any atom is -0.309 e. The van der Waals surface area contributed by atoms with Crippen LogP contribution < -0.4 is 0 Å². The molecule has 8 aromatic carbocycles. The van der Waals surface area contributed by atoms with Crippen LogP contribution in [0.15, 0.2) is 164 Å². The van der Waals surface area contributed by atoms with Gasteiger partial charge < -0.3 is 9.13 Å². The van der Waals surface area contributed by atoms with Crippen molar-refractivity contribution >= 4 is 54.4 Å². The molecule has 10 aromatic rings. The van der Waals surface area contributed by atoms with Gasteiger partial charge in [0.25, 0.3) is 0 Å². The second kappa shape index (κ2) is 9.19. The number of fused-ring (bicyclic) bond motifs is 4. The first kappa shape index (κ1) is 26.6. The summed E-state index contributed by atoms with van der Waals surface area (Å²) in [5, 5.41) is 8.00. The molecule has 2 heteroatoms. The maximum absolute atomic E-state index is 2.53. The Morgan fingerprint density at radius 2 is 0.900 bits per heavy atom. The van der Waals surface area contributed by atoms with Crippen LogP contribution in [-0.2, 0) is 5.41 Å². The van der Waals surface area contributed by atoms with Crippen molar-refractivity contribution < 1.29 is 0 Å². The maximum Gasteiger partial charge on any atom is 0.0548 e. The predicted octanol–water partition coefficient (Wildman–Crippen LogP) is 12.3. The molecule has 0 bridgehead atoms. The van der Waals surface area contributed by atoms with Crippen LogP contribution in [-0.4, -0.2) is 9.13 Å². The zero-order valence-electron chi connectivity index (χ0n) is 27.5. The average molecular weight is 635 g/mol. The number of aromatic nitrogens is 2. The molecule has 1 unspecified atom stereocenters. The van der Waals surface area contributed by atoms with Crippen LogP contribution in [0.1, 0.15) is 23.6 Å². The Morgan fingerprint density at radius 3 is 1.58 bits per heavy atom. The third-order valence-electron chi connectivity index (χ3n) is 11.9. The van der Waals surface area contributed by atoms with Crippen molar-refractivity contribution in [3.63, 3.8) is 0 Å². The molecule has 50 heavy (non-hydrogen) atoms. The number of benzene rings is 8. The fraction of sp³-hybridized carbons (Fsp3) is 0.0417. The highest BCUT2D eigenvalue weighted by molar-refractivity contribution is 6.38. The van der Waals surface area contributed by atoms with Gasteiger partial charge in [-0.3, -0.25) is 0 Å². The van der Waals surface area contributed by atoms with E-state index < -0.39 is 0 Å². The van der Waals surface area contributed by atoms with Gasteiger partial charge in [0.15, 0.2) is 0 Å². The Balaban J connectivity index is 1.22. The normalized spacial score (nSPS) is 15.8. The number of para-hydroxylation sites is 1. The van der Waals surface area contributed by atoms with Crippen LogP contribution in [0.3, 0.4) is 0 Å². The van der Waals surface area contributed by atoms with Gasteiger partial charge in [-0.25, -0.2) is 0 Å². The van der Waals surface area contributed by atoms with E-state index in [1.807, 2.05) is 0 Å². The van der Waals surface area contributed by atoms with Crippen LogP contribution in [0.2, 0.25) is 0 Å². The van der Waals surface area contributed by atoms with Gasteiger partial charge >= 0.3 is 0 Å². The van der Waals surface area contributed by atoms with Crippen molar-refractivity contribution in [2.75, 3.05) is 0 Å².